The molecule has 0 bridgehead atoms. The van der Waals surface area contributed by atoms with E-state index in [1.54, 1.807) is 31.2 Å². The molecular formula is C27H29ClFN3O5S. The maximum Gasteiger partial charge on any atom is 0.264 e. The van der Waals surface area contributed by atoms with Crippen molar-refractivity contribution >= 4 is 39.1 Å². The van der Waals surface area contributed by atoms with E-state index in [1.165, 1.54) is 55.3 Å². The number of rotatable bonds is 11. The molecule has 2 amide bonds. The lowest BCUT2D eigenvalue weighted by Gasteiger charge is -2.32. The van der Waals surface area contributed by atoms with E-state index in [0.717, 1.165) is 16.4 Å². The third-order valence-electron chi connectivity index (χ3n) is 5.83. The smallest absolute Gasteiger partial charge is 0.264 e. The highest BCUT2D eigenvalue weighted by molar-refractivity contribution is 7.92. The number of sulfonamides is 1. The van der Waals surface area contributed by atoms with Gasteiger partial charge in [0.2, 0.25) is 11.8 Å². The summed E-state index contributed by atoms with van der Waals surface area (Å²) in [5, 5.41) is 2.91. The molecule has 38 heavy (non-hydrogen) atoms. The van der Waals surface area contributed by atoms with Gasteiger partial charge in [0.15, 0.2) is 0 Å². The molecule has 0 aromatic heterocycles. The van der Waals surface area contributed by atoms with Crippen molar-refractivity contribution in [3.63, 3.8) is 0 Å². The first-order valence-electron chi connectivity index (χ1n) is 11.8. The van der Waals surface area contributed by atoms with E-state index in [9.17, 15) is 22.4 Å². The Kier molecular flexibility index (Phi) is 9.71. The van der Waals surface area contributed by atoms with Gasteiger partial charge in [0, 0.05) is 18.6 Å². The predicted molar refractivity (Wildman–Crippen MR) is 144 cm³/mol. The average molecular weight is 562 g/mol. The van der Waals surface area contributed by atoms with Crippen molar-refractivity contribution < 1.29 is 27.1 Å². The van der Waals surface area contributed by atoms with Gasteiger partial charge in [-0.2, -0.15) is 0 Å². The summed E-state index contributed by atoms with van der Waals surface area (Å²) in [6.07, 6.45) is 0. The quantitative estimate of drug-likeness (QED) is 0.378. The van der Waals surface area contributed by atoms with Crippen LogP contribution in [0.1, 0.15) is 19.4 Å². The minimum absolute atomic E-state index is 0.0343. The molecular weight excluding hydrogens is 533 g/mol. The third-order valence-corrected chi connectivity index (χ3v) is 7.99. The first kappa shape index (κ1) is 28.9. The van der Waals surface area contributed by atoms with Crippen molar-refractivity contribution in [2.45, 2.75) is 31.3 Å². The number of hydrogen-bond donors (Lipinski definition) is 1. The fourth-order valence-corrected chi connectivity index (χ4v) is 5.35. The van der Waals surface area contributed by atoms with Crippen LogP contribution in [0.2, 0.25) is 5.02 Å². The molecule has 0 fully saturated rings. The highest BCUT2D eigenvalue weighted by Gasteiger charge is 2.32. The van der Waals surface area contributed by atoms with E-state index in [-0.39, 0.29) is 17.1 Å². The summed E-state index contributed by atoms with van der Waals surface area (Å²) >= 11 is 6.30. The van der Waals surface area contributed by atoms with Crippen LogP contribution in [0.25, 0.3) is 0 Å². The van der Waals surface area contributed by atoms with Crippen LogP contribution >= 0.6 is 11.6 Å². The second kappa shape index (κ2) is 12.7. The summed E-state index contributed by atoms with van der Waals surface area (Å²) in [5.74, 6) is -1.17. The Hall–Kier alpha value is -3.63. The van der Waals surface area contributed by atoms with Gasteiger partial charge >= 0.3 is 0 Å². The molecule has 1 atom stereocenters. The lowest BCUT2D eigenvalue weighted by molar-refractivity contribution is -0.139. The Morgan fingerprint density at radius 2 is 1.66 bits per heavy atom. The van der Waals surface area contributed by atoms with Crippen molar-refractivity contribution in [3.05, 3.63) is 89.2 Å². The minimum atomic E-state index is -4.28. The van der Waals surface area contributed by atoms with Crippen molar-refractivity contribution in [2.75, 3.05) is 24.5 Å². The second-order valence-electron chi connectivity index (χ2n) is 8.30. The van der Waals surface area contributed by atoms with Crippen LogP contribution in [0, 0.1) is 5.82 Å². The van der Waals surface area contributed by atoms with E-state index in [1.807, 2.05) is 0 Å². The number of nitrogens with zero attached hydrogens (tertiary/aromatic N) is 2. The van der Waals surface area contributed by atoms with Gasteiger partial charge in [-0.05, 0) is 74.0 Å². The SMILES string of the molecule is CCOc1ccc(S(=O)(=O)N(CC(=O)N(Cc2ccccc2Cl)[C@@H](C)C(=O)NC)c2ccc(F)cc2)cc1. The zero-order valence-electron chi connectivity index (χ0n) is 21.2. The number of anilines is 1. The molecule has 11 heteroatoms. The predicted octanol–water partition coefficient (Wildman–Crippen LogP) is 4.24. The number of benzene rings is 3. The second-order valence-corrected chi connectivity index (χ2v) is 10.6. The molecule has 0 heterocycles. The summed E-state index contributed by atoms with van der Waals surface area (Å²) in [6.45, 7) is 3.07. The molecule has 0 unspecified atom stereocenters. The largest absolute Gasteiger partial charge is 0.494 e. The van der Waals surface area contributed by atoms with E-state index < -0.39 is 40.2 Å². The number of ether oxygens (including phenoxy) is 1. The fraction of sp³-hybridized carbons (Fsp3) is 0.259. The van der Waals surface area contributed by atoms with Gasteiger partial charge in [-0.1, -0.05) is 29.8 Å². The molecule has 3 aromatic rings. The van der Waals surface area contributed by atoms with Crippen molar-refractivity contribution in [2.24, 2.45) is 0 Å². The fourth-order valence-electron chi connectivity index (χ4n) is 3.74. The van der Waals surface area contributed by atoms with Crippen LogP contribution in [0.3, 0.4) is 0 Å². The van der Waals surface area contributed by atoms with E-state index in [4.69, 9.17) is 16.3 Å². The van der Waals surface area contributed by atoms with Crippen LogP contribution in [-0.4, -0.2) is 51.4 Å². The molecule has 1 N–H and O–H groups in total. The van der Waals surface area contributed by atoms with Crippen LogP contribution in [0.5, 0.6) is 5.75 Å². The molecule has 8 nitrogen and oxygen atoms in total. The Morgan fingerprint density at radius 1 is 1.03 bits per heavy atom. The zero-order chi connectivity index (χ0) is 27.9. The molecule has 3 aromatic carbocycles. The lowest BCUT2D eigenvalue weighted by Crippen LogP contribution is -2.50. The van der Waals surface area contributed by atoms with Gasteiger partial charge in [0.1, 0.15) is 24.2 Å². The average Bonchev–Trinajstić information content (AvgIpc) is 2.91. The maximum atomic E-state index is 13.7. The van der Waals surface area contributed by atoms with E-state index >= 15 is 0 Å². The van der Waals surface area contributed by atoms with Gasteiger partial charge in [0.05, 0.1) is 17.2 Å². The molecule has 0 aliphatic heterocycles. The molecule has 202 valence electrons. The summed E-state index contributed by atoms with van der Waals surface area (Å²) < 4.78 is 47.4. The lowest BCUT2D eigenvalue weighted by atomic mass is 10.1. The number of nitrogens with one attached hydrogen (secondary N) is 1. The molecule has 0 radical (unpaired) electrons. The van der Waals surface area contributed by atoms with E-state index in [2.05, 4.69) is 5.32 Å². The summed E-state index contributed by atoms with van der Waals surface area (Å²) in [7, 11) is -2.84. The van der Waals surface area contributed by atoms with Crippen LogP contribution in [0.4, 0.5) is 10.1 Å². The molecule has 0 aliphatic carbocycles. The Labute approximate surface area is 227 Å². The molecule has 3 rings (SSSR count). The summed E-state index contributed by atoms with van der Waals surface area (Å²) in [6, 6.07) is 16.4. The van der Waals surface area contributed by atoms with Crippen molar-refractivity contribution in [1.82, 2.24) is 10.2 Å². The molecule has 0 saturated heterocycles. The Bertz CT molecular complexity index is 1370. The van der Waals surface area contributed by atoms with E-state index in [0.29, 0.717) is 22.9 Å². The standard InChI is InChI=1S/C27H29ClFN3O5S/c1-4-37-23-13-15-24(16-14-23)38(35,36)32(22-11-9-21(29)10-12-22)18-26(33)31(19(2)27(34)30-3)17-20-7-5-6-8-25(20)28/h5-16,19H,4,17-18H2,1-3H3,(H,30,34)/t19-/m0/s1. The number of halogens is 2. The first-order chi connectivity index (χ1) is 18.1. The third kappa shape index (κ3) is 6.81. The number of carbonyl (C=O) groups excluding carboxylic acids is 2. The Balaban J connectivity index is 2.02. The number of likely N-dealkylation sites (N-methyl/N-ethyl adjacent to an activating group) is 1. The van der Waals surface area contributed by atoms with Crippen LogP contribution in [-0.2, 0) is 26.2 Å². The summed E-state index contributed by atoms with van der Waals surface area (Å²) in [4.78, 5) is 27.4. The van der Waals surface area contributed by atoms with Gasteiger partial charge in [0.25, 0.3) is 10.0 Å². The first-order valence-corrected chi connectivity index (χ1v) is 13.7. The summed E-state index contributed by atoms with van der Waals surface area (Å²) in [5.41, 5.74) is 0.667. The normalized spacial score (nSPS) is 11.9. The highest BCUT2D eigenvalue weighted by Crippen LogP contribution is 2.27. The minimum Gasteiger partial charge on any atom is -0.494 e. The maximum absolute atomic E-state index is 13.7. The van der Waals surface area contributed by atoms with Gasteiger partial charge in [-0.25, -0.2) is 12.8 Å². The topological polar surface area (TPSA) is 96.0 Å². The molecule has 0 aliphatic rings. The van der Waals surface area contributed by atoms with Gasteiger partial charge < -0.3 is 15.0 Å². The number of hydrogen-bond acceptors (Lipinski definition) is 5. The highest BCUT2D eigenvalue weighted by atomic mass is 35.5. The monoisotopic (exact) mass is 561 g/mol. The number of carbonyl (C=O) groups is 2. The Morgan fingerprint density at radius 3 is 2.24 bits per heavy atom. The number of amides is 2. The van der Waals surface area contributed by atoms with Crippen LogP contribution < -0.4 is 14.4 Å². The van der Waals surface area contributed by atoms with Crippen molar-refractivity contribution in [3.8, 4) is 5.75 Å². The van der Waals surface area contributed by atoms with Gasteiger partial charge in [-0.15, -0.1) is 0 Å². The zero-order valence-corrected chi connectivity index (χ0v) is 22.8. The van der Waals surface area contributed by atoms with Crippen molar-refractivity contribution in [1.29, 1.82) is 0 Å². The molecule has 0 spiro atoms. The van der Waals surface area contributed by atoms with Gasteiger partial charge in [-0.3, -0.25) is 13.9 Å². The van der Waals surface area contributed by atoms with Crippen LogP contribution in [0.15, 0.2) is 77.7 Å². The molecule has 0 saturated carbocycles.